The smallest absolute Gasteiger partial charge is 0.138 e. The lowest BCUT2D eigenvalue weighted by molar-refractivity contribution is 1.14. The molecule has 90 valence electrons. The quantitative estimate of drug-likeness (QED) is 0.671. The molecule has 0 bridgehead atoms. The zero-order valence-corrected chi connectivity index (χ0v) is 10.3. The molecule has 0 aliphatic heterocycles. The molecule has 0 aliphatic carbocycles. The van der Waals surface area contributed by atoms with Crippen molar-refractivity contribution in [3.8, 4) is 11.4 Å². The predicted molar refractivity (Wildman–Crippen MR) is 75.3 cm³/mol. The Labute approximate surface area is 106 Å². The predicted octanol–water partition coefficient (Wildman–Crippen LogP) is 3.37. The van der Waals surface area contributed by atoms with Crippen LogP contribution in [0.1, 0.15) is 12.5 Å². The molecule has 3 N–H and O–H groups in total. The minimum atomic E-state index is 0.767. The summed E-state index contributed by atoms with van der Waals surface area (Å²) in [5, 5.41) is 0. The number of H-pyrrole nitrogens is 1. The van der Waals surface area contributed by atoms with Gasteiger partial charge in [-0.15, -0.1) is 0 Å². The second-order valence-electron chi connectivity index (χ2n) is 4.41. The average molecular weight is 237 g/mol. The first kappa shape index (κ1) is 10.8. The van der Waals surface area contributed by atoms with Crippen molar-refractivity contribution in [3.05, 3.63) is 48.0 Å². The lowest BCUT2D eigenvalue weighted by Gasteiger charge is -1.96. The van der Waals surface area contributed by atoms with Crippen LogP contribution in [0.4, 0.5) is 5.69 Å². The van der Waals surface area contributed by atoms with E-state index in [2.05, 4.69) is 35.1 Å². The van der Waals surface area contributed by atoms with Gasteiger partial charge in [0.15, 0.2) is 0 Å². The largest absolute Gasteiger partial charge is 0.399 e. The molecule has 1 heterocycles. The van der Waals surface area contributed by atoms with Crippen molar-refractivity contribution in [2.75, 3.05) is 5.73 Å². The molecule has 0 aliphatic rings. The summed E-state index contributed by atoms with van der Waals surface area (Å²) in [5.41, 5.74) is 10.9. The summed E-state index contributed by atoms with van der Waals surface area (Å²) in [6.07, 6.45) is 1.03. The molecule has 3 nitrogen and oxygen atoms in total. The van der Waals surface area contributed by atoms with E-state index in [0.717, 1.165) is 34.5 Å². The summed E-state index contributed by atoms with van der Waals surface area (Å²) < 4.78 is 0. The van der Waals surface area contributed by atoms with E-state index in [1.54, 1.807) is 0 Å². The van der Waals surface area contributed by atoms with Gasteiger partial charge in [-0.25, -0.2) is 4.98 Å². The first-order valence-electron chi connectivity index (χ1n) is 6.11. The van der Waals surface area contributed by atoms with E-state index in [4.69, 9.17) is 5.73 Å². The van der Waals surface area contributed by atoms with Crippen LogP contribution in [0.3, 0.4) is 0 Å². The summed E-state index contributed by atoms with van der Waals surface area (Å²) in [6.45, 7) is 2.15. The van der Waals surface area contributed by atoms with E-state index in [9.17, 15) is 0 Å². The van der Waals surface area contributed by atoms with Crippen LogP contribution in [0.2, 0.25) is 0 Å². The Bertz CT molecular complexity index is 681. The number of imidazole rings is 1. The van der Waals surface area contributed by atoms with E-state index >= 15 is 0 Å². The van der Waals surface area contributed by atoms with Crippen molar-refractivity contribution in [2.45, 2.75) is 13.3 Å². The molecule has 3 rings (SSSR count). The molecule has 18 heavy (non-hydrogen) atoms. The second-order valence-corrected chi connectivity index (χ2v) is 4.41. The fraction of sp³-hybridized carbons (Fsp3) is 0.133. The Balaban J connectivity index is 2.10. The SMILES string of the molecule is CCc1ccc2[nH]c(-c3ccc(N)cc3)nc2c1. The third-order valence-corrected chi connectivity index (χ3v) is 3.14. The number of nitrogens with two attached hydrogens (primary N) is 1. The van der Waals surface area contributed by atoms with Crippen LogP contribution in [0.25, 0.3) is 22.4 Å². The lowest BCUT2D eigenvalue weighted by Crippen LogP contribution is -1.84. The van der Waals surface area contributed by atoms with Crippen molar-refractivity contribution in [1.82, 2.24) is 9.97 Å². The number of nitrogens with zero attached hydrogens (tertiary/aromatic N) is 1. The Hall–Kier alpha value is -2.29. The maximum atomic E-state index is 5.69. The van der Waals surface area contributed by atoms with Crippen LogP contribution in [0.5, 0.6) is 0 Å². The van der Waals surface area contributed by atoms with E-state index in [1.165, 1.54) is 5.56 Å². The standard InChI is InChI=1S/C15H15N3/c1-2-10-3-8-13-14(9-10)18-15(17-13)11-4-6-12(16)7-5-11/h3-9H,2,16H2,1H3,(H,17,18). The molecule has 0 spiro atoms. The number of rotatable bonds is 2. The third kappa shape index (κ3) is 1.84. The molecule has 0 saturated carbocycles. The number of aromatic amines is 1. The minimum Gasteiger partial charge on any atom is -0.399 e. The number of nitrogens with one attached hydrogen (secondary N) is 1. The van der Waals surface area contributed by atoms with E-state index in [-0.39, 0.29) is 0 Å². The zero-order chi connectivity index (χ0) is 12.5. The van der Waals surface area contributed by atoms with E-state index in [1.807, 2.05) is 24.3 Å². The number of nitrogen functional groups attached to an aromatic ring is 1. The molecule has 0 amide bonds. The van der Waals surface area contributed by atoms with Gasteiger partial charge in [-0.1, -0.05) is 13.0 Å². The Morgan fingerprint density at radius 1 is 1.11 bits per heavy atom. The molecule has 0 radical (unpaired) electrons. The van der Waals surface area contributed by atoms with Gasteiger partial charge in [0, 0.05) is 11.3 Å². The number of benzene rings is 2. The molecular weight excluding hydrogens is 222 g/mol. The normalized spacial score (nSPS) is 10.9. The highest BCUT2D eigenvalue weighted by Gasteiger charge is 2.05. The van der Waals surface area contributed by atoms with Gasteiger partial charge >= 0.3 is 0 Å². The van der Waals surface area contributed by atoms with Gasteiger partial charge < -0.3 is 10.7 Å². The van der Waals surface area contributed by atoms with Crippen LogP contribution >= 0.6 is 0 Å². The molecule has 0 saturated heterocycles. The molecule has 3 heteroatoms. The Morgan fingerprint density at radius 2 is 1.89 bits per heavy atom. The van der Waals surface area contributed by atoms with Gasteiger partial charge in [0.1, 0.15) is 5.82 Å². The first-order chi connectivity index (χ1) is 8.76. The molecular formula is C15H15N3. The number of hydrogen-bond donors (Lipinski definition) is 2. The topological polar surface area (TPSA) is 54.7 Å². The highest BCUT2D eigenvalue weighted by molar-refractivity contribution is 5.80. The van der Waals surface area contributed by atoms with Gasteiger partial charge in [0.05, 0.1) is 11.0 Å². The van der Waals surface area contributed by atoms with Gasteiger partial charge in [-0.3, -0.25) is 0 Å². The number of aromatic nitrogens is 2. The van der Waals surface area contributed by atoms with Crippen molar-refractivity contribution in [1.29, 1.82) is 0 Å². The minimum absolute atomic E-state index is 0.767. The maximum absolute atomic E-state index is 5.69. The Kier molecular flexibility index (Phi) is 2.52. The molecule has 1 aromatic heterocycles. The van der Waals surface area contributed by atoms with Crippen molar-refractivity contribution >= 4 is 16.7 Å². The van der Waals surface area contributed by atoms with Crippen LogP contribution < -0.4 is 5.73 Å². The monoisotopic (exact) mass is 237 g/mol. The molecule has 0 fully saturated rings. The van der Waals surface area contributed by atoms with E-state index in [0.29, 0.717) is 0 Å². The highest BCUT2D eigenvalue weighted by Crippen LogP contribution is 2.22. The first-order valence-corrected chi connectivity index (χ1v) is 6.11. The van der Waals surface area contributed by atoms with Crippen molar-refractivity contribution in [2.24, 2.45) is 0 Å². The van der Waals surface area contributed by atoms with Crippen LogP contribution in [-0.2, 0) is 6.42 Å². The molecule has 3 aromatic rings. The van der Waals surface area contributed by atoms with E-state index < -0.39 is 0 Å². The fourth-order valence-corrected chi connectivity index (χ4v) is 2.05. The summed E-state index contributed by atoms with van der Waals surface area (Å²) in [5.74, 6) is 0.887. The molecule has 0 atom stereocenters. The van der Waals surface area contributed by atoms with Crippen molar-refractivity contribution < 1.29 is 0 Å². The number of anilines is 1. The summed E-state index contributed by atoms with van der Waals surface area (Å²) in [7, 11) is 0. The molecule has 2 aromatic carbocycles. The zero-order valence-electron chi connectivity index (χ0n) is 10.3. The van der Waals surface area contributed by atoms with Crippen LogP contribution in [0.15, 0.2) is 42.5 Å². The van der Waals surface area contributed by atoms with Crippen molar-refractivity contribution in [3.63, 3.8) is 0 Å². The van der Waals surface area contributed by atoms with Gasteiger partial charge in [-0.2, -0.15) is 0 Å². The Morgan fingerprint density at radius 3 is 2.61 bits per heavy atom. The fourth-order valence-electron chi connectivity index (χ4n) is 2.05. The van der Waals surface area contributed by atoms with Crippen LogP contribution in [0, 0.1) is 0 Å². The lowest BCUT2D eigenvalue weighted by atomic mass is 10.1. The number of fused-ring (bicyclic) bond motifs is 1. The number of aryl methyl sites for hydroxylation is 1. The van der Waals surface area contributed by atoms with Gasteiger partial charge in [0.25, 0.3) is 0 Å². The highest BCUT2D eigenvalue weighted by atomic mass is 14.9. The average Bonchev–Trinajstić information content (AvgIpc) is 2.82. The summed E-state index contributed by atoms with van der Waals surface area (Å²) in [4.78, 5) is 7.96. The summed E-state index contributed by atoms with van der Waals surface area (Å²) >= 11 is 0. The molecule has 0 unspecified atom stereocenters. The van der Waals surface area contributed by atoms with Crippen LogP contribution in [-0.4, -0.2) is 9.97 Å². The van der Waals surface area contributed by atoms with Gasteiger partial charge in [-0.05, 0) is 48.4 Å². The van der Waals surface area contributed by atoms with Gasteiger partial charge in [0.2, 0.25) is 0 Å². The number of hydrogen-bond acceptors (Lipinski definition) is 2. The summed E-state index contributed by atoms with van der Waals surface area (Å²) in [6, 6.07) is 14.1. The third-order valence-electron chi connectivity index (χ3n) is 3.14. The maximum Gasteiger partial charge on any atom is 0.138 e. The second kappa shape index (κ2) is 4.18.